The lowest BCUT2D eigenvalue weighted by Crippen LogP contribution is -2.49. The van der Waals surface area contributed by atoms with E-state index < -0.39 is 0 Å². The van der Waals surface area contributed by atoms with E-state index in [4.69, 9.17) is 4.74 Å². The van der Waals surface area contributed by atoms with Crippen LogP contribution in [0.4, 0.5) is 5.69 Å². The van der Waals surface area contributed by atoms with Crippen LogP contribution in [0.2, 0.25) is 0 Å². The molecule has 0 bridgehead atoms. The summed E-state index contributed by atoms with van der Waals surface area (Å²) >= 11 is 0. The third kappa shape index (κ3) is 6.56. The van der Waals surface area contributed by atoms with Gasteiger partial charge in [-0.25, -0.2) is 0 Å². The van der Waals surface area contributed by atoms with Gasteiger partial charge in [-0.3, -0.25) is 4.90 Å². The Kier molecular flexibility index (Phi) is 7.55. The zero-order valence-corrected chi connectivity index (χ0v) is 16.7. The minimum Gasteiger partial charge on any atom is -0.494 e. The highest BCUT2D eigenvalue weighted by atomic mass is 16.5. The maximum absolute atomic E-state index is 5.50. The molecule has 1 atom stereocenters. The number of rotatable bonds is 9. The SMILES string of the molecule is CCOc1ccc(NC(C)CN2CCN(CCc3ccccc3)CC2)cc1. The Hall–Kier alpha value is -2.04. The van der Waals surface area contributed by atoms with Gasteiger partial charge in [0.1, 0.15) is 5.75 Å². The van der Waals surface area contributed by atoms with Crippen LogP contribution >= 0.6 is 0 Å². The molecule has 0 spiro atoms. The maximum Gasteiger partial charge on any atom is 0.119 e. The predicted octanol–water partition coefficient (Wildman–Crippen LogP) is 3.75. The fourth-order valence-electron chi connectivity index (χ4n) is 3.66. The van der Waals surface area contributed by atoms with E-state index in [2.05, 4.69) is 64.5 Å². The Morgan fingerprint density at radius 3 is 2.26 bits per heavy atom. The Balaban J connectivity index is 1.35. The molecule has 1 fully saturated rings. The van der Waals surface area contributed by atoms with Gasteiger partial charge in [0.15, 0.2) is 0 Å². The van der Waals surface area contributed by atoms with Crippen LogP contribution in [0.15, 0.2) is 54.6 Å². The quantitative estimate of drug-likeness (QED) is 0.731. The average molecular weight is 368 g/mol. The number of nitrogens with zero attached hydrogens (tertiary/aromatic N) is 2. The van der Waals surface area contributed by atoms with Crippen molar-refractivity contribution in [1.29, 1.82) is 0 Å². The Morgan fingerprint density at radius 2 is 1.59 bits per heavy atom. The molecule has 1 aliphatic rings. The molecule has 4 nitrogen and oxygen atoms in total. The second-order valence-corrected chi connectivity index (χ2v) is 7.38. The highest BCUT2D eigenvalue weighted by molar-refractivity contribution is 5.47. The molecule has 4 heteroatoms. The molecular weight excluding hydrogens is 334 g/mol. The monoisotopic (exact) mass is 367 g/mol. The van der Waals surface area contributed by atoms with E-state index in [9.17, 15) is 0 Å². The van der Waals surface area contributed by atoms with Gasteiger partial charge in [-0.2, -0.15) is 0 Å². The highest BCUT2D eigenvalue weighted by Crippen LogP contribution is 2.16. The Bertz CT molecular complexity index is 651. The van der Waals surface area contributed by atoms with E-state index in [0.29, 0.717) is 12.6 Å². The lowest BCUT2D eigenvalue weighted by molar-refractivity contribution is 0.131. The smallest absolute Gasteiger partial charge is 0.119 e. The van der Waals surface area contributed by atoms with Crippen molar-refractivity contribution in [2.24, 2.45) is 0 Å². The molecule has 0 saturated carbocycles. The lowest BCUT2D eigenvalue weighted by atomic mass is 10.1. The molecule has 0 aromatic heterocycles. The summed E-state index contributed by atoms with van der Waals surface area (Å²) in [6.07, 6.45) is 1.15. The number of benzene rings is 2. The van der Waals surface area contributed by atoms with Crippen molar-refractivity contribution < 1.29 is 4.74 Å². The third-order valence-corrected chi connectivity index (χ3v) is 5.13. The number of ether oxygens (including phenoxy) is 1. The minimum absolute atomic E-state index is 0.429. The van der Waals surface area contributed by atoms with Gasteiger partial charge in [0.25, 0.3) is 0 Å². The predicted molar refractivity (Wildman–Crippen MR) is 114 cm³/mol. The maximum atomic E-state index is 5.50. The molecule has 2 aromatic carbocycles. The van der Waals surface area contributed by atoms with E-state index >= 15 is 0 Å². The number of hydrogen-bond donors (Lipinski definition) is 1. The van der Waals surface area contributed by atoms with Gasteiger partial charge < -0.3 is 15.0 Å². The van der Waals surface area contributed by atoms with Gasteiger partial charge in [0.05, 0.1) is 6.61 Å². The number of hydrogen-bond acceptors (Lipinski definition) is 4. The molecule has 1 unspecified atom stereocenters. The number of nitrogens with one attached hydrogen (secondary N) is 1. The second-order valence-electron chi connectivity index (χ2n) is 7.38. The van der Waals surface area contributed by atoms with Gasteiger partial charge in [-0.15, -0.1) is 0 Å². The first-order valence-electron chi connectivity index (χ1n) is 10.2. The molecule has 146 valence electrons. The van der Waals surface area contributed by atoms with Crippen LogP contribution in [0, 0.1) is 0 Å². The van der Waals surface area contributed by atoms with E-state index in [1.54, 1.807) is 0 Å². The van der Waals surface area contributed by atoms with Gasteiger partial charge in [0.2, 0.25) is 0 Å². The molecule has 27 heavy (non-hydrogen) atoms. The van der Waals surface area contributed by atoms with Gasteiger partial charge >= 0.3 is 0 Å². The van der Waals surface area contributed by atoms with Crippen molar-refractivity contribution in [3.63, 3.8) is 0 Å². The van der Waals surface area contributed by atoms with Crippen molar-refractivity contribution in [1.82, 2.24) is 9.80 Å². The summed E-state index contributed by atoms with van der Waals surface area (Å²) in [5.74, 6) is 0.933. The molecule has 1 N–H and O–H groups in total. The first-order valence-corrected chi connectivity index (χ1v) is 10.2. The average Bonchev–Trinajstić information content (AvgIpc) is 2.70. The number of anilines is 1. The molecule has 0 amide bonds. The highest BCUT2D eigenvalue weighted by Gasteiger charge is 2.18. The summed E-state index contributed by atoms with van der Waals surface area (Å²) in [6, 6.07) is 19.5. The third-order valence-electron chi connectivity index (χ3n) is 5.13. The van der Waals surface area contributed by atoms with Crippen molar-refractivity contribution >= 4 is 5.69 Å². The number of piperazine rings is 1. The second kappa shape index (κ2) is 10.3. The molecule has 0 aliphatic carbocycles. The first-order chi connectivity index (χ1) is 13.2. The van der Waals surface area contributed by atoms with Crippen molar-refractivity contribution in [2.75, 3.05) is 51.2 Å². The van der Waals surface area contributed by atoms with E-state index in [-0.39, 0.29) is 0 Å². The normalized spacial score (nSPS) is 16.8. The van der Waals surface area contributed by atoms with E-state index in [1.165, 1.54) is 18.7 Å². The topological polar surface area (TPSA) is 27.7 Å². The zero-order chi connectivity index (χ0) is 18.9. The lowest BCUT2D eigenvalue weighted by Gasteiger charge is -2.36. The fourth-order valence-corrected chi connectivity index (χ4v) is 3.66. The van der Waals surface area contributed by atoms with Crippen LogP contribution in [0.5, 0.6) is 5.75 Å². The Morgan fingerprint density at radius 1 is 0.926 bits per heavy atom. The summed E-state index contributed by atoms with van der Waals surface area (Å²) in [5, 5.41) is 3.61. The molecular formula is C23H33N3O. The molecule has 3 rings (SSSR count). The van der Waals surface area contributed by atoms with Crippen LogP contribution in [0.25, 0.3) is 0 Å². The van der Waals surface area contributed by atoms with Crippen molar-refractivity contribution in [2.45, 2.75) is 26.3 Å². The molecule has 0 radical (unpaired) electrons. The van der Waals surface area contributed by atoms with Gasteiger partial charge in [-0.05, 0) is 50.1 Å². The van der Waals surface area contributed by atoms with Crippen LogP contribution in [0.1, 0.15) is 19.4 Å². The van der Waals surface area contributed by atoms with Gasteiger partial charge in [-0.1, -0.05) is 30.3 Å². The summed E-state index contributed by atoms with van der Waals surface area (Å²) < 4.78 is 5.50. The molecule has 2 aromatic rings. The summed E-state index contributed by atoms with van der Waals surface area (Å²) in [7, 11) is 0. The van der Waals surface area contributed by atoms with Crippen LogP contribution in [-0.4, -0.2) is 61.7 Å². The van der Waals surface area contributed by atoms with Crippen LogP contribution in [0.3, 0.4) is 0 Å². The van der Waals surface area contributed by atoms with Crippen LogP contribution < -0.4 is 10.1 Å². The summed E-state index contributed by atoms with van der Waals surface area (Å²) in [5.41, 5.74) is 2.60. The Labute approximate surface area is 164 Å². The van der Waals surface area contributed by atoms with Crippen LogP contribution in [-0.2, 0) is 6.42 Å². The summed E-state index contributed by atoms with van der Waals surface area (Å²) in [6.45, 7) is 11.9. The van der Waals surface area contributed by atoms with Gasteiger partial charge in [0, 0.05) is 51.0 Å². The van der Waals surface area contributed by atoms with Crippen molar-refractivity contribution in [3.8, 4) is 5.75 Å². The first kappa shape index (κ1) is 19.7. The van der Waals surface area contributed by atoms with E-state index in [0.717, 1.165) is 44.0 Å². The zero-order valence-electron chi connectivity index (χ0n) is 16.7. The summed E-state index contributed by atoms with van der Waals surface area (Å²) in [4.78, 5) is 5.17. The molecule has 1 aliphatic heterocycles. The fraction of sp³-hybridized carbons (Fsp3) is 0.478. The molecule has 1 heterocycles. The standard InChI is InChI=1S/C23H33N3O/c1-3-27-23-11-9-22(10-12-23)24-20(2)19-26-17-15-25(16-18-26)14-13-21-7-5-4-6-8-21/h4-12,20,24H,3,13-19H2,1-2H3. The largest absolute Gasteiger partial charge is 0.494 e. The van der Waals surface area contributed by atoms with E-state index in [1.807, 2.05) is 19.1 Å². The van der Waals surface area contributed by atoms with Crippen molar-refractivity contribution in [3.05, 3.63) is 60.2 Å². The minimum atomic E-state index is 0.429. The molecule has 1 saturated heterocycles.